The molecule has 2 aromatic heterocycles. The van der Waals surface area contributed by atoms with Gasteiger partial charge in [0.1, 0.15) is 10.7 Å². The summed E-state index contributed by atoms with van der Waals surface area (Å²) in [7, 11) is 0. The van der Waals surface area contributed by atoms with Crippen LogP contribution in [0.4, 0.5) is 13.2 Å². The van der Waals surface area contributed by atoms with E-state index >= 15 is 0 Å². The second kappa shape index (κ2) is 13.4. The molecule has 9 nitrogen and oxygen atoms in total. The van der Waals surface area contributed by atoms with Gasteiger partial charge in [0.2, 0.25) is 0 Å². The maximum Gasteiger partial charge on any atom is 0.495 e. The van der Waals surface area contributed by atoms with Crippen LogP contribution in [-0.2, 0) is 37.1 Å². The van der Waals surface area contributed by atoms with Gasteiger partial charge in [-0.3, -0.25) is 9.78 Å². The van der Waals surface area contributed by atoms with Gasteiger partial charge in [-0.1, -0.05) is 23.2 Å². The number of aromatic nitrogens is 2. The molecule has 3 aromatic rings. The van der Waals surface area contributed by atoms with E-state index in [0.29, 0.717) is 36.8 Å². The van der Waals surface area contributed by atoms with Crippen LogP contribution in [0.2, 0.25) is 10.0 Å². The van der Waals surface area contributed by atoms with Crippen LogP contribution in [-0.4, -0.2) is 46.2 Å². The first-order chi connectivity index (χ1) is 18.7. The molecule has 40 heavy (non-hydrogen) atoms. The zero-order valence-corrected chi connectivity index (χ0v) is 23.5. The van der Waals surface area contributed by atoms with Gasteiger partial charge in [-0.2, -0.15) is 13.2 Å². The van der Waals surface area contributed by atoms with E-state index in [1.807, 2.05) is 0 Å². The van der Waals surface area contributed by atoms with Crippen molar-refractivity contribution in [3.8, 4) is 10.6 Å². The Kier molecular flexibility index (Phi) is 10.5. The van der Waals surface area contributed by atoms with E-state index in [0.717, 1.165) is 0 Å². The fourth-order valence-corrected chi connectivity index (χ4v) is 4.80. The molecular weight excluding hydrogens is 598 g/mol. The molecule has 2 heterocycles. The van der Waals surface area contributed by atoms with Crippen molar-refractivity contribution in [3.63, 3.8) is 0 Å². The number of pyridine rings is 1. The summed E-state index contributed by atoms with van der Waals surface area (Å²) in [6.45, 7) is 4.95. The van der Waals surface area contributed by atoms with Crippen molar-refractivity contribution in [2.75, 3.05) is 0 Å². The number of nitrogens with zero attached hydrogens (tertiary/aromatic N) is 2. The monoisotopic (exact) mass is 619 g/mol. The summed E-state index contributed by atoms with van der Waals surface area (Å²) >= 11 is 13.5. The highest BCUT2D eigenvalue weighted by atomic mass is 35.5. The van der Waals surface area contributed by atoms with Crippen LogP contribution in [0, 0.1) is 6.92 Å². The number of carbonyl (C=O) groups excluding carboxylic acids is 3. The van der Waals surface area contributed by atoms with Crippen LogP contribution in [0.25, 0.3) is 10.6 Å². The van der Waals surface area contributed by atoms with Crippen LogP contribution in [0.5, 0.6) is 0 Å². The first kappa shape index (κ1) is 31.3. The molecule has 0 aliphatic carbocycles. The predicted molar refractivity (Wildman–Crippen MR) is 140 cm³/mol. The second-order valence-corrected chi connectivity index (χ2v) is 10.6. The lowest BCUT2D eigenvalue weighted by Gasteiger charge is -2.18. The molecule has 1 unspecified atom stereocenters. The van der Waals surface area contributed by atoms with Gasteiger partial charge in [0, 0.05) is 28.1 Å². The molecule has 3 rings (SSSR count). The third-order valence-corrected chi connectivity index (χ3v) is 6.59. The van der Waals surface area contributed by atoms with Gasteiger partial charge < -0.3 is 10.1 Å². The Bertz CT molecular complexity index is 1400. The van der Waals surface area contributed by atoms with Crippen LogP contribution in [0.1, 0.15) is 40.5 Å². The third kappa shape index (κ3) is 8.62. The summed E-state index contributed by atoms with van der Waals surface area (Å²) < 4.78 is 42.4. The molecule has 1 N–H and O–H groups in total. The van der Waals surface area contributed by atoms with Crippen LogP contribution < -0.4 is 5.32 Å². The lowest BCUT2D eigenvalue weighted by Crippen LogP contribution is -2.34. The molecule has 214 valence electrons. The number of thiazole rings is 1. The number of hydrogen-bond donors (Lipinski definition) is 1. The number of halogens is 5. The summed E-state index contributed by atoms with van der Waals surface area (Å²) in [6, 6.07) is 8.08. The predicted octanol–water partition coefficient (Wildman–Crippen LogP) is 5.65. The molecule has 0 saturated carbocycles. The topological polar surface area (TPSA) is 117 Å². The third-order valence-electron chi connectivity index (χ3n) is 5.04. The molecule has 0 fully saturated rings. The first-order valence-corrected chi connectivity index (χ1v) is 13.1. The van der Waals surface area contributed by atoms with E-state index in [-0.39, 0.29) is 18.7 Å². The summed E-state index contributed by atoms with van der Waals surface area (Å²) in [5.74, 6) is -4.45. The van der Waals surface area contributed by atoms with Gasteiger partial charge >= 0.3 is 18.1 Å². The number of benzene rings is 1. The van der Waals surface area contributed by atoms with Crippen LogP contribution >= 0.6 is 34.5 Å². The summed E-state index contributed by atoms with van der Waals surface area (Å²) in [5, 5.41) is 4.15. The summed E-state index contributed by atoms with van der Waals surface area (Å²) in [4.78, 5) is 52.8. The fourth-order valence-electron chi connectivity index (χ4n) is 3.30. The smallest absolute Gasteiger partial charge is 0.363 e. The lowest BCUT2D eigenvalue weighted by atomic mass is 10.1. The lowest BCUT2D eigenvalue weighted by molar-refractivity contribution is -0.290. The number of carbonyl (C=O) groups is 3. The van der Waals surface area contributed by atoms with Crippen molar-refractivity contribution in [1.29, 1.82) is 0 Å². The summed E-state index contributed by atoms with van der Waals surface area (Å²) in [6.07, 6.45) is -5.94. The molecule has 15 heteroatoms. The Morgan fingerprint density at radius 2 is 1.82 bits per heavy atom. The van der Waals surface area contributed by atoms with Crippen LogP contribution in [0.15, 0.2) is 36.5 Å². The zero-order chi connectivity index (χ0) is 29.6. The minimum Gasteiger partial charge on any atom is -0.363 e. The highest BCUT2D eigenvalue weighted by Gasteiger charge is 2.43. The average molecular weight is 620 g/mol. The fraction of sp³-hybridized carbons (Fsp3) is 0.320. The zero-order valence-electron chi connectivity index (χ0n) is 21.2. The number of aryl methyl sites for hydroxylation is 1. The van der Waals surface area contributed by atoms with Crippen molar-refractivity contribution < 1.29 is 42.1 Å². The highest BCUT2D eigenvalue weighted by Crippen LogP contribution is 2.34. The van der Waals surface area contributed by atoms with Crippen molar-refractivity contribution >= 4 is 52.4 Å². The quantitative estimate of drug-likeness (QED) is 0.241. The van der Waals surface area contributed by atoms with E-state index in [2.05, 4.69) is 25.1 Å². The SMILES string of the molecule is Cc1sc(-c2ccc(Cl)cc2Cl)nc1C(=O)NCc1cc(CC(OC(C)C)C(=O)OOC(=O)C(F)(F)F)ccn1. The number of hydrogen-bond acceptors (Lipinski definition) is 9. The van der Waals surface area contributed by atoms with Crippen molar-refractivity contribution in [2.45, 2.75) is 52.1 Å². The van der Waals surface area contributed by atoms with Gasteiger partial charge in [-0.25, -0.2) is 24.3 Å². The standard InChI is InChI=1S/C25H22Cl2F3N3O6S/c1-12(2)37-19(23(35)38-39-24(36)25(28,29)30)9-14-6-7-31-16(8-14)11-32-21(34)20-13(3)40-22(33-20)17-5-4-15(26)10-18(17)27/h4-8,10,12,19H,9,11H2,1-3H3,(H,32,34). The number of rotatable bonds is 9. The average Bonchev–Trinajstić information content (AvgIpc) is 3.25. The molecule has 0 aliphatic rings. The molecule has 1 aromatic carbocycles. The van der Waals surface area contributed by atoms with Gasteiger partial charge in [0.15, 0.2) is 6.10 Å². The Morgan fingerprint density at radius 3 is 2.48 bits per heavy atom. The normalized spacial score (nSPS) is 12.2. The molecule has 1 atom stereocenters. The van der Waals surface area contributed by atoms with Crippen molar-refractivity contribution in [2.24, 2.45) is 0 Å². The number of ether oxygens (including phenoxy) is 1. The second-order valence-electron chi connectivity index (χ2n) is 8.53. The molecule has 0 aliphatic heterocycles. The molecule has 1 amide bonds. The molecule has 0 radical (unpaired) electrons. The van der Waals surface area contributed by atoms with Gasteiger partial charge in [-0.05, 0) is 56.7 Å². The number of alkyl halides is 3. The first-order valence-electron chi connectivity index (χ1n) is 11.5. The molecule has 0 bridgehead atoms. The van der Waals surface area contributed by atoms with Gasteiger partial charge in [-0.15, -0.1) is 11.3 Å². The van der Waals surface area contributed by atoms with E-state index < -0.39 is 36.2 Å². The maximum absolute atomic E-state index is 12.8. The Labute approximate surface area is 240 Å². The van der Waals surface area contributed by atoms with E-state index in [4.69, 9.17) is 27.9 Å². The molecule has 0 spiro atoms. The van der Waals surface area contributed by atoms with E-state index in [1.165, 1.54) is 17.5 Å². The van der Waals surface area contributed by atoms with E-state index in [1.54, 1.807) is 51.1 Å². The highest BCUT2D eigenvalue weighted by molar-refractivity contribution is 7.15. The summed E-state index contributed by atoms with van der Waals surface area (Å²) in [5.41, 5.74) is 1.76. The minimum absolute atomic E-state index is 0.00399. The van der Waals surface area contributed by atoms with Crippen molar-refractivity contribution in [3.05, 3.63) is 68.4 Å². The molecule has 0 saturated heterocycles. The van der Waals surface area contributed by atoms with Crippen LogP contribution in [0.3, 0.4) is 0 Å². The minimum atomic E-state index is -5.33. The maximum atomic E-state index is 12.8. The van der Waals surface area contributed by atoms with Gasteiger partial charge in [0.05, 0.1) is 23.4 Å². The Hall–Kier alpha value is -3.26. The number of nitrogens with one attached hydrogen (secondary N) is 1. The molecular formula is C25H22Cl2F3N3O6S. The van der Waals surface area contributed by atoms with E-state index in [9.17, 15) is 27.6 Å². The van der Waals surface area contributed by atoms with Gasteiger partial charge in [0.25, 0.3) is 5.91 Å². The largest absolute Gasteiger partial charge is 0.495 e. The Balaban J connectivity index is 1.66. The Morgan fingerprint density at radius 1 is 1.10 bits per heavy atom. The number of amides is 1. The van der Waals surface area contributed by atoms with Crippen molar-refractivity contribution in [1.82, 2.24) is 15.3 Å².